The van der Waals surface area contributed by atoms with Gasteiger partial charge in [-0.3, -0.25) is 4.79 Å². The van der Waals surface area contributed by atoms with E-state index in [2.05, 4.69) is 26.1 Å². The van der Waals surface area contributed by atoms with Crippen molar-refractivity contribution in [2.24, 2.45) is 0 Å². The maximum atomic E-state index is 12.9. The van der Waals surface area contributed by atoms with Crippen LogP contribution in [0.15, 0.2) is 48.5 Å². The number of carbonyl (C=O) groups is 2. The molecule has 150 valence electrons. The topological polar surface area (TPSA) is 105 Å². The molecule has 10 heteroatoms. The number of aromatic nitrogens is 2. The lowest BCUT2D eigenvalue weighted by Gasteiger charge is -2.11. The number of nitrogens with zero attached hydrogens (tertiary/aromatic N) is 2. The lowest BCUT2D eigenvalue weighted by atomic mass is 10.3. The minimum Gasteiger partial charge on any atom is -0.492 e. The Labute approximate surface area is 170 Å². The molecule has 29 heavy (non-hydrogen) atoms. The maximum Gasteiger partial charge on any atom is 0.319 e. The zero-order valence-electron chi connectivity index (χ0n) is 15.4. The van der Waals surface area contributed by atoms with Crippen molar-refractivity contribution in [2.45, 2.75) is 13.5 Å². The van der Waals surface area contributed by atoms with Gasteiger partial charge in [0.2, 0.25) is 5.01 Å². The lowest BCUT2D eigenvalue weighted by molar-refractivity contribution is 0.102. The van der Waals surface area contributed by atoms with Gasteiger partial charge < -0.3 is 20.7 Å². The fourth-order valence-electron chi connectivity index (χ4n) is 2.31. The van der Waals surface area contributed by atoms with E-state index < -0.39 is 17.8 Å². The third-order valence-electron chi connectivity index (χ3n) is 3.60. The average molecular weight is 415 g/mol. The summed E-state index contributed by atoms with van der Waals surface area (Å²) in [5, 5.41) is 16.3. The minimum absolute atomic E-state index is 0.101. The first-order chi connectivity index (χ1) is 14.0. The monoisotopic (exact) mass is 415 g/mol. The van der Waals surface area contributed by atoms with Gasteiger partial charge in [-0.2, -0.15) is 0 Å². The van der Waals surface area contributed by atoms with E-state index in [9.17, 15) is 14.0 Å². The number of urea groups is 1. The molecule has 3 aromatic rings. The van der Waals surface area contributed by atoms with Gasteiger partial charge in [-0.05, 0) is 43.3 Å². The minimum atomic E-state index is -0.463. The van der Waals surface area contributed by atoms with Crippen molar-refractivity contribution in [3.63, 3.8) is 0 Å². The molecule has 0 aliphatic rings. The number of rotatable bonds is 7. The van der Waals surface area contributed by atoms with Crippen LogP contribution in [0.1, 0.15) is 21.7 Å². The first-order valence-corrected chi connectivity index (χ1v) is 9.52. The van der Waals surface area contributed by atoms with E-state index >= 15 is 0 Å². The maximum absolute atomic E-state index is 12.9. The first-order valence-electron chi connectivity index (χ1n) is 8.71. The van der Waals surface area contributed by atoms with Gasteiger partial charge in [0, 0.05) is 5.69 Å². The Hall–Kier alpha value is -3.53. The van der Waals surface area contributed by atoms with Gasteiger partial charge in [-0.15, -0.1) is 10.2 Å². The molecule has 2 aromatic carbocycles. The zero-order valence-corrected chi connectivity index (χ0v) is 16.3. The van der Waals surface area contributed by atoms with Crippen LogP contribution in [0, 0.1) is 5.82 Å². The van der Waals surface area contributed by atoms with E-state index in [1.54, 1.807) is 18.2 Å². The predicted molar refractivity (Wildman–Crippen MR) is 108 cm³/mol. The molecule has 0 saturated heterocycles. The van der Waals surface area contributed by atoms with Crippen LogP contribution < -0.4 is 20.7 Å². The Bertz CT molecular complexity index is 994. The molecule has 0 unspecified atom stereocenters. The van der Waals surface area contributed by atoms with Crippen LogP contribution in [0.2, 0.25) is 0 Å². The highest BCUT2D eigenvalue weighted by Crippen LogP contribution is 2.23. The van der Waals surface area contributed by atoms with Gasteiger partial charge in [0.15, 0.2) is 0 Å². The number of para-hydroxylation sites is 2. The molecule has 0 radical (unpaired) electrons. The molecule has 0 fully saturated rings. The highest BCUT2D eigenvalue weighted by Gasteiger charge is 2.14. The zero-order chi connectivity index (χ0) is 20.6. The van der Waals surface area contributed by atoms with Gasteiger partial charge in [-0.1, -0.05) is 23.5 Å². The molecule has 1 aromatic heterocycles. The van der Waals surface area contributed by atoms with Crippen molar-refractivity contribution in [3.8, 4) is 5.75 Å². The van der Waals surface area contributed by atoms with Crippen molar-refractivity contribution in [1.82, 2.24) is 15.5 Å². The molecule has 0 bridgehead atoms. The van der Waals surface area contributed by atoms with Crippen molar-refractivity contribution in [2.75, 3.05) is 17.2 Å². The number of halogens is 1. The normalized spacial score (nSPS) is 10.3. The third kappa shape index (κ3) is 5.72. The predicted octanol–water partition coefficient (Wildman–Crippen LogP) is 3.65. The number of carbonyl (C=O) groups excluding carboxylic acids is 2. The summed E-state index contributed by atoms with van der Waals surface area (Å²) in [7, 11) is 0. The van der Waals surface area contributed by atoms with E-state index in [0.717, 1.165) is 11.3 Å². The Balaban J connectivity index is 1.53. The highest BCUT2D eigenvalue weighted by molar-refractivity contribution is 7.13. The first kappa shape index (κ1) is 20.2. The fraction of sp³-hybridized carbons (Fsp3) is 0.158. The summed E-state index contributed by atoms with van der Waals surface area (Å²) in [6.45, 7) is 2.44. The molecular formula is C19H18FN5O3S. The van der Waals surface area contributed by atoms with E-state index in [-0.39, 0.29) is 11.6 Å². The molecule has 0 spiro atoms. The van der Waals surface area contributed by atoms with Gasteiger partial charge in [-0.25, -0.2) is 9.18 Å². The van der Waals surface area contributed by atoms with Gasteiger partial charge >= 0.3 is 6.03 Å². The molecule has 0 saturated carbocycles. The van der Waals surface area contributed by atoms with Crippen LogP contribution in [0.3, 0.4) is 0 Å². The molecule has 0 aliphatic heterocycles. The van der Waals surface area contributed by atoms with Crippen LogP contribution >= 0.6 is 11.3 Å². The summed E-state index contributed by atoms with van der Waals surface area (Å²) in [6, 6.07) is 12.0. The summed E-state index contributed by atoms with van der Waals surface area (Å²) in [5.74, 6) is -0.286. The van der Waals surface area contributed by atoms with E-state index in [4.69, 9.17) is 4.74 Å². The Morgan fingerprint density at radius 3 is 2.59 bits per heavy atom. The fourth-order valence-corrected chi connectivity index (χ4v) is 2.98. The number of anilines is 2. The van der Waals surface area contributed by atoms with Crippen LogP contribution in [0.4, 0.5) is 20.6 Å². The van der Waals surface area contributed by atoms with Crippen LogP contribution in [0.5, 0.6) is 5.75 Å². The van der Waals surface area contributed by atoms with E-state index in [0.29, 0.717) is 28.7 Å². The molecule has 3 N–H and O–H groups in total. The second-order valence-corrected chi connectivity index (χ2v) is 6.76. The molecular weight excluding hydrogens is 397 g/mol. The molecule has 1 heterocycles. The summed E-state index contributed by atoms with van der Waals surface area (Å²) < 4.78 is 18.4. The van der Waals surface area contributed by atoms with Gasteiger partial charge in [0.25, 0.3) is 5.91 Å². The van der Waals surface area contributed by atoms with E-state index in [1.165, 1.54) is 24.3 Å². The average Bonchev–Trinajstić information content (AvgIpc) is 3.19. The molecule has 0 atom stereocenters. The quantitative estimate of drug-likeness (QED) is 0.546. The SMILES string of the molecule is CCOc1ccccc1NC(=O)NCc1nnc(C(=O)Nc2ccc(F)cc2)s1. The number of hydrogen-bond acceptors (Lipinski definition) is 6. The second kappa shape index (κ2) is 9.60. The van der Waals surface area contributed by atoms with Crippen LogP contribution in [-0.2, 0) is 6.54 Å². The Kier molecular flexibility index (Phi) is 6.69. The summed E-state index contributed by atoms with van der Waals surface area (Å²) in [4.78, 5) is 24.3. The smallest absolute Gasteiger partial charge is 0.319 e. The van der Waals surface area contributed by atoms with Gasteiger partial charge in [0.1, 0.15) is 16.6 Å². The van der Waals surface area contributed by atoms with Crippen molar-refractivity contribution in [1.29, 1.82) is 0 Å². The number of nitrogens with one attached hydrogen (secondary N) is 3. The van der Waals surface area contributed by atoms with Crippen molar-refractivity contribution < 1.29 is 18.7 Å². The summed E-state index contributed by atoms with van der Waals surface area (Å²) in [5.41, 5.74) is 0.988. The van der Waals surface area contributed by atoms with Crippen LogP contribution in [-0.4, -0.2) is 28.7 Å². The largest absolute Gasteiger partial charge is 0.492 e. The molecule has 3 rings (SSSR count). The number of amides is 3. The Morgan fingerprint density at radius 2 is 1.83 bits per heavy atom. The van der Waals surface area contributed by atoms with Crippen LogP contribution in [0.25, 0.3) is 0 Å². The Morgan fingerprint density at radius 1 is 1.07 bits per heavy atom. The van der Waals surface area contributed by atoms with Gasteiger partial charge in [0.05, 0.1) is 18.8 Å². The summed E-state index contributed by atoms with van der Waals surface area (Å²) in [6.07, 6.45) is 0. The van der Waals surface area contributed by atoms with Crippen molar-refractivity contribution >= 4 is 34.6 Å². The third-order valence-corrected chi connectivity index (χ3v) is 4.52. The molecule has 0 aliphatic carbocycles. The standard InChI is InChI=1S/C19H18FN5O3S/c1-2-28-15-6-4-3-5-14(15)23-19(27)21-11-16-24-25-18(29-16)17(26)22-13-9-7-12(20)8-10-13/h3-10H,2,11H2,1H3,(H,22,26)(H2,21,23,27). The number of ether oxygens (including phenoxy) is 1. The van der Waals surface area contributed by atoms with E-state index in [1.807, 2.05) is 13.0 Å². The molecule has 8 nitrogen and oxygen atoms in total. The number of hydrogen-bond donors (Lipinski definition) is 3. The lowest BCUT2D eigenvalue weighted by Crippen LogP contribution is -2.28. The highest BCUT2D eigenvalue weighted by atomic mass is 32.1. The summed E-state index contributed by atoms with van der Waals surface area (Å²) >= 11 is 1.05. The second-order valence-electron chi connectivity index (χ2n) is 5.70. The van der Waals surface area contributed by atoms with Crippen molar-refractivity contribution in [3.05, 3.63) is 64.4 Å². The number of benzene rings is 2. The molecule has 3 amide bonds.